The van der Waals surface area contributed by atoms with Gasteiger partial charge in [-0.15, -0.1) is 11.3 Å². The number of alkyl halides is 3. The summed E-state index contributed by atoms with van der Waals surface area (Å²) >= 11 is 1.30. The number of carbonyl (C=O) groups is 1. The number of carboxylic acids is 1. The molecule has 6 nitrogen and oxygen atoms in total. The van der Waals surface area contributed by atoms with Crippen molar-refractivity contribution in [2.45, 2.75) is 41.1 Å². The molecular weight excluding hydrogens is 465 g/mol. The molecule has 32 heavy (non-hydrogen) atoms. The van der Waals surface area contributed by atoms with E-state index in [0.717, 1.165) is 19.3 Å². The number of thiophene rings is 1. The van der Waals surface area contributed by atoms with E-state index in [4.69, 9.17) is 9.90 Å². The summed E-state index contributed by atoms with van der Waals surface area (Å²) in [6.07, 6.45) is -2.19. The van der Waals surface area contributed by atoms with Gasteiger partial charge in [0.15, 0.2) is 0 Å². The largest absolute Gasteiger partial charge is 0.490 e. The van der Waals surface area contributed by atoms with Crippen molar-refractivity contribution in [3.05, 3.63) is 52.9 Å². The maximum atomic E-state index is 12.8. The van der Waals surface area contributed by atoms with E-state index in [1.807, 2.05) is 5.38 Å². The number of carboxylic acid groups (broad SMARTS) is 1. The molecule has 1 atom stereocenters. The van der Waals surface area contributed by atoms with Crippen molar-refractivity contribution in [1.82, 2.24) is 9.21 Å². The third kappa shape index (κ3) is 4.85. The van der Waals surface area contributed by atoms with Gasteiger partial charge in [0.05, 0.1) is 0 Å². The second-order valence-electron chi connectivity index (χ2n) is 8.19. The van der Waals surface area contributed by atoms with E-state index in [2.05, 4.69) is 43.3 Å². The first-order chi connectivity index (χ1) is 14.9. The van der Waals surface area contributed by atoms with Crippen molar-refractivity contribution in [1.29, 1.82) is 0 Å². The minimum atomic E-state index is -5.08. The van der Waals surface area contributed by atoms with Crippen molar-refractivity contribution in [2.24, 2.45) is 0 Å². The Hall–Kier alpha value is -1.95. The highest BCUT2D eigenvalue weighted by molar-refractivity contribution is 7.91. The number of sulfonamides is 1. The van der Waals surface area contributed by atoms with E-state index < -0.39 is 22.2 Å². The molecule has 1 aliphatic heterocycles. The number of hydrogen-bond donors (Lipinski definition) is 1. The lowest BCUT2D eigenvalue weighted by atomic mass is 9.74. The second-order valence-corrected chi connectivity index (χ2v) is 11.3. The Morgan fingerprint density at radius 2 is 1.75 bits per heavy atom. The highest BCUT2D eigenvalue weighted by Crippen LogP contribution is 2.52. The summed E-state index contributed by atoms with van der Waals surface area (Å²) in [5.41, 5.74) is 2.97. The minimum Gasteiger partial charge on any atom is -0.475 e. The topological polar surface area (TPSA) is 77.9 Å². The van der Waals surface area contributed by atoms with Gasteiger partial charge in [0.1, 0.15) is 4.21 Å². The molecule has 11 heteroatoms. The van der Waals surface area contributed by atoms with E-state index in [-0.39, 0.29) is 5.41 Å². The Morgan fingerprint density at radius 3 is 2.25 bits per heavy atom. The molecule has 4 rings (SSSR count). The van der Waals surface area contributed by atoms with Gasteiger partial charge in [-0.2, -0.15) is 17.5 Å². The summed E-state index contributed by atoms with van der Waals surface area (Å²) in [6.45, 7) is 1.21. The van der Waals surface area contributed by atoms with E-state index in [1.54, 1.807) is 16.4 Å². The minimum absolute atomic E-state index is 0.118. The molecule has 2 aliphatic rings. The van der Waals surface area contributed by atoms with E-state index in [0.29, 0.717) is 23.3 Å². The summed E-state index contributed by atoms with van der Waals surface area (Å²) < 4.78 is 59.5. The van der Waals surface area contributed by atoms with Crippen molar-refractivity contribution in [3.8, 4) is 0 Å². The van der Waals surface area contributed by atoms with Crippen LogP contribution in [-0.2, 0) is 20.2 Å². The van der Waals surface area contributed by atoms with Gasteiger partial charge in [-0.1, -0.05) is 30.3 Å². The first kappa shape index (κ1) is 24.7. The third-order valence-electron chi connectivity index (χ3n) is 6.11. The number of rotatable bonds is 3. The van der Waals surface area contributed by atoms with Gasteiger partial charge in [-0.25, -0.2) is 13.2 Å². The van der Waals surface area contributed by atoms with Crippen molar-refractivity contribution < 1.29 is 31.5 Å². The zero-order valence-corrected chi connectivity index (χ0v) is 19.3. The van der Waals surface area contributed by atoms with Crippen LogP contribution in [0.25, 0.3) is 0 Å². The molecule has 1 spiro atoms. The number of nitrogens with zero attached hydrogens (tertiary/aromatic N) is 2. The van der Waals surface area contributed by atoms with Crippen molar-refractivity contribution in [3.63, 3.8) is 0 Å². The first-order valence-electron chi connectivity index (χ1n) is 9.98. The van der Waals surface area contributed by atoms with Crippen LogP contribution in [0.2, 0.25) is 0 Å². The van der Waals surface area contributed by atoms with Gasteiger partial charge in [0.25, 0.3) is 10.0 Å². The maximum Gasteiger partial charge on any atom is 0.490 e. The quantitative estimate of drug-likeness (QED) is 0.701. The molecule has 1 aromatic heterocycles. The number of fused-ring (bicyclic) bond motifs is 2. The van der Waals surface area contributed by atoms with Crippen LogP contribution in [0.5, 0.6) is 0 Å². The van der Waals surface area contributed by atoms with E-state index in [9.17, 15) is 21.6 Å². The molecule has 0 bridgehead atoms. The molecule has 0 radical (unpaired) electrons. The average Bonchev–Trinajstić information content (AvgIpc) is 3.37. The predicted molar refractivity (Wildman–Crippen MR) is 115 cm³/mol. The van der Waals surface area contributed by atoms with Crippen LogP contribution in [0, 0.1) is 0 Å². The highest BCUT2D eigenvalue weighted by Gasteiger charge is 2.47. The van der Waals surface area contributed by atoms with Crippen LogP contribution in [0.4, 0.5) is 13.2 Å². The third-order valence-corrected chi connectivity index (χ3v) is 9.38. The standard InChI is InChI=1S/C19H24N2O2S2.C2HF3O2/c1-20(2)17-14-19(16-7-4-3-6-15(16)17)9-11-21(12-10-19)25(22,23)18-8-5-13-24-18;3-2(4,5)1(6)7/h3-8,13,17H,9-12,14H2,1-2H3;(H,6,7). The average molecular weight is 491 g/mol. The van der Waals surface area contributed by atoms with Crippen LogP contribution in [-0.4, -0.2) is 62.1 Å². The predicted octanol–water partition coefficient (Wildman–Crippen LogP) is 4.11. The monoisotopic (exact) mass is 490 g/mol. The summed E-state index contributed by atoms with van der Waals surface area (Å²) in [6, 6.07) is 12.7. The number of piperidine rings is 1. The normalized spacial score (nSPS) is 20.6. The molecule has 1 fully saturated rings. The van der Waals surface area contributed by atoms with Crippen LogP contribution in [0.15, 0.2) is 46.0 Å². The zero-order valence-electron chi connectivity index (χ0n) is 17.7. The lowest BCUT2D eigenvalue weighted by Crippen LogP contribution is -2.44. The maximum absolute atomic E-state index is 12.8. The summed E-state index contributed by atoms with van der Waals surface area (Å²) in [7, 11) is 0.941. The van der Waals surface area contributed by atoms with Gasteiger partial charge in [-0.05, 0) is 61.3 Å². The Labute approximate surface area is 189 Å². The molecule has 1 unspecified atom stereocenters. The van der Waals surface area contributed by atoms with E-state index in [1.165, 1.54) is 22.5 Å². The molecule has 1 aromatic carbocycles. The Morgan fingerprint density at radius 1 is 1.16 bits per heavy atom. The van der Waals surface area contributed by atoms with Gasteiger partial charge in [-0.3, -0.25) is 0 Å². The fourth-order valence-electron chi connectivity index (χ4n) is 4.49. The van der Waals surface area contributed by atoms with Gasteiger partial charge in [0, 0.05) is 19.1 Å². The fourth-order valence-corrected chi connectivity index (χ4v) is 7.07. The molecular formula is C21H25F3N2O4S2. The Bertz CT molecular complexity index is 1050. The molecule has 2 heterocycles. The van der Waals surface area contributed by atoms with Gasteiger partial charge < -0.3 is 10.0 Å². The summed E-state index contributed by atoms with van der Waals surface area (Å²) in [4.78, 5) is 11.2. The van der Waals surface area contributed by atoms with Gasteiger partial charge in [0.2, 0.25) is 0 Å². The van der Waals surface area contributed by atoms with Crippen LogP contribution >= 0.6 is 11.3 Å². The van der Waals surface area contributed by atoms with E-state index >= 15 is 0 Å². The molecule has 1 N–H and O–H groups in total. The van der Waals surface area contributed by atoms with Crippen LogP contribution < -0.4 is 0 Å². The number of halogens is 3. The van der Waals surface area contributed by atoms with Crippen molar-refractivity contribution >= 4 is 27.3 Å². The molecule has 0 saturated carbocycles. The number of benzene rings is 1. The first-order valence-corrected chi connectivity index (χ1v) is 12.3. The van der Waals surface area contributed by atoms with Crippen LogP contribution in [0.3, 0.4) is 0 Å². The fraction of sp³-hybridized carbons (Fsp3) is 0.476. The zero-order chi connectivity index (χ0) is 23.7. The molecule has 1 aliphatic carbocycles. The highest BCUT2D eigenvalue weighted by atomic mass is 32.2. The lowest BCUT2D eigenvalue weighted by Gasteiger charge is -2.39. The summed E-state index contributed by atoms with van der Waals surface area (Å²) in [5.74, 6) is -2.76. The van der Waals surface area contributed by atoms with Crippen LogP contribution in [0.1, 0.15) is 36.4 Å². The smallest absolute Gasteiger partial charge is 0.475 e. The number of aliphatic carboxylic acids is 1. The van der Waals surface area contributed by atoms with Crippen molar-refractivity contribution in [2.75, 3.05) is 27.2 Å². The molecule has 176 valence electrons. The molecule has 0 amide bonds. The van der Waals surface area contributed by atoms with Gasteiger partial charge >= 0.3 is 12.1 Å². The SMILES string of the molecule is CN(C)C1CC2(CCN(S(=O)(=O)c3cccs3)CC2)c2ccccc21.O=C(O)C(F)(F)F. The lowest BCUT2D eigenvalue weighted by molar-refractivity contribution is -0.192. The molecule has 1 saturated heterocycles. The Balaban J connectivity index is 0.000000360. The number of hydrogen-bond acceptors (Lipinski definition) is 5. The molecule has 2 aromatic rings. The second kappa shape index (κ2) is 9.12. The summed E-state index contributed by atoms with van der Waals surface area (Å²) in [5, 5.41) is 8.95. The Kier molecular flexibility index (Phi) is 7.04.